The average molecular weight is 376 g/mol. The molecule has 0 atom stereocenters. The Morgan fingerprint density at radius 3 is 2.75 bits per heavy atom. The van der Waals surface area contributed by atoms with Crippen molar-refractivity contribution >= 4 is 39.7 Å². The Balaban J connectivity index is 2.41. The Bertz CT molecular complexity index is 700. The first-order valence-electron chi connectivity index (χ1n) is 6.11. The molecule has 0 fully saturated rings. The van der Waals surface area contributed by atoms with E-state index in [1.54, 1.807) is 6.07 Å². The molecular weight excluding hydrogens is 363 g/mol. The lowest BCUT2D eigenvalue weighted by atomic mass is 10.1. The zero-order valence-corrected chi connectivity index (χ0v) is 14.2. The van der Waals surface area contributed by atoms with Gasteiger partial charge in [0.1, 0.15) is 16.3 Å². The summed E-state index contributed by atoms with van der Waals surface area (Å²) in [5.74, 6) is 0.658. The monoisotopic (exact) mass is 374 g/mol. The SMILES string of the molecule is CC(C)c1[nH]c(Cc2ccc(F)cc2Cl)nc(=S)c1Br. The second-order valence-corrected chi connectivity index (χ2v) is 6.37. The summed E-state index contributed by atoms with van der Waals surface area (Å²) in [6, 6.07) is 4.35. The van der Waals surface area contributed by atoms with E-state index >= 15 is 0 Å². The number of hydrogen-bond donors (Lipinski definition) is 1. The van der Waals surface area contributed by atoms with Crippen LogP contribution in [0.25, 0.3) is 0 Å². The van der Waals surface area contributed by atoms with Gasteiger partial charge in [-0.3, -0.25) is 0 Å². The number of nitrogens with zero attached hydrogens (tertiary/aromatic N) is 1. The van der Waals surface area contributed by atoms with Gasteiger partial charge in [0.15, 0.2) is 0 Å². The molecular formula is C14H13BrClFN2S. The molecule has 1 heterocycles. The number of benzene rings is 1. The molecule has 0 unspecified atom stereocenters. The smallest absolute Gasteiger partial charge is 0.144 e. The second kappa shape index (κ2) is 6.33. The molecule has 20 heavy (non-hydrogen) atoms. The summed E-state index contributed by atoms with van der Waals surface area (Å²) in [7, 11) is 0. The molecule has 0 amide bonds. The first-order chi connectivity index (χ1) is 9.38. The maximum atomic E-state index is 13.0. The summed E-state index contributed by atoms with van der Waals surface area (Å²) in [6.07, 6.45) is 0.482. The van der Waals surface area contributed by atoms with Crippen LogP contribution in [0.4, 0.5) is 4.39 Å². The predicted molar refractivity (Wildman–Crippen MR) is 85.4 cm³/mol. The molecule has 106 valence electrons. The van der Waals surface area contributed by atoms with Crippen LogP contribution >= 0.6 is 39.7 Å². The maximum absolute atomic E-state index is 13.0. The molecule has 0 aliphatic heterocycles. The van der Waals surface area contributed by atoms with Gasteiger partial charge in [0.2, 0.25) is 0 Å². The fourth-order valence-corrected chi connectivity index (χ4v) is 2.95. The lowest BCUT2D eigenvalue weighted by Gasteiger charge is -2.12. The Labute approximate surface area is 135 Å². The van der Waals surface area contributed by atoms with Crippen LogP contribution in [0, 0.1) is 10.5 Å². The third-order valence-corrected chi connectivity index (χ3v) is 4.60. The summed E-state index contributed by atoms with van der Waals surface area (Å²) in [4.78, 5) is 7.60. The lowest BCUT2D eigenvalue weighted by molar-refractivity contribution is 0.627. The minimum Gasteiger partial charge on any atom is -0.346 e. The van der Waals surface area contributed by atoms with Crippen LogP contribution in [0.5, 0.6) is 0 Å². The maximum Gasteiger partial charge on any atom is 0.144 e. The van der Waals surface area contributed by atoms with E-state index in [-0.39, 0.29) is 11.7 Å². The van der Waals surface area contributed by atoms with Gasteiger partial charge in [-0.15, -0.1) is 0 Å². The highest BCUT2D eigenvalue weighted by atomic mass is 79.9. The van der Waals surface area contributed by atoms with Crippen molar-refractivity contribution < 1.29 is 4.39 Å². The van der Waals surface area contributed by atoms with E-state index in [1.807, 2.05) is 0 Å². The van der Waals surface area contributed by atoms with Gasteiger partial charge in [0.25, 0.3) is 0 Å². The zero-order valence-electron chi connectivity index (χ0n) is 11.0. The summed E-state index contributed by atoms with van der Waals surface area (Å²) in [5, 5.41) is 0.389. The fourth-order valence-electron chi connectivity index (χ4n) is 1.85. The number of rotatable bonds is 3. The topological polar surface area (TPSA) is 28.7 Å². The van der Waals surface area contributed by atoms with Crippen molar-refractivity contribution in [2.75, 3.05) is 0 Å². The molecule has 2 nitrogen and oxygen atoms in total. The normalized spacial score (nSPS) is 11.1. The van der Waals surface area contributed by atoms with E-state index < -0.39 is 0 Å². The number of nitrogens with one attached hydrogen (secondary N) is 1. The lowest BCUT2D eigenvalue weighted by Crippen LogP contribution is -2.04. The Kier molecular flexibility index (Phi) is 4.94. The van der Waals surface area contributed by atoms with Gasteiger partial charge < -0.3 is 4.98 Å². The molecule has 0 saturated carbocycles. The Hall–Kier alpha value is -0.780. The summed E-state index contributed by atoms with van der Waals surface area (Å²) >= 11 is 14.7. The van der Waals surface area contributed by atoms with Gasteiger partial charge in [-0.05, 0) is 39.5 Å². The molecule has 0 aliphatic rings. The highest BCUT2D eigenvalue weighted by Crippen LogP contribution is 2.25. The summed E-state index contributed by atoms with van der Waals surface area (Å²) < 4.78 is 14.4. The quantitative estimate of drug-likeness (QED) is 0.727. The third-order valence-electron chi connectivity index (χ3n) is 2.89. The van der Waals surface area contributed by atoms with Crippen molar-refractivity contribution in [1.82, 2.24) is 9.97 Å². The summed E-state index contributed by atoms with van der Waals surface area (Å²) in [5.41, 5.74) is 1.81. The van der Waals surface area contributed by atoms with Crippen LogP contribution in [0.1, 0.15) is 36.8 Å². The van der Waals surface area contributed by atoms with E-state index in [0.717, 1.165) is 21.6 Å². The van der Waals surface area contributed by atoms with E-state index in [9.17, 15) is 4.39 Å². The van der Waals surface area contributed by atoms with Crippen LogP contribution in [-0.4, -0.2) is 9.97 Å². The highest BCUT2D eigenvalue weighted by Gasteiger charge is 2.11. The molecule has 1 aromatic carbocycles. The van der Waals surface area contributed by atoms with E-state index in [4.69, 9.17) is 23.8 Å². The van der Waals surface area contributed by atoms with Crippen molar-refractivity contribution in [3.05, 3.63) is 55.2 Å². The largest absolute Gasteiger partial charge is 0.346 e. The van der Waals surface area contributed by atoms with Crippen molar-refractivity contribution in [2.24, 2.45) is 0 Å². The first kappa shape index (κ1) is 15.6. The standard InChI is InChI=1S/C14H13BrClFN2S/c1-7(2)13-12(15)14(20)19-11(18-13)5-8-3-4-9(17)6-10(8)16/h3-4,6-7H,5H2,1-2H3,(H,18,19,20). The van der Waals surface area contributed by atoms with Crippen LogP contribution in [0.2, 0.25) is 5.02 Å². The number of hydrogen-bond acceptors (Lipinski definition) is 2. The second-order valence-electron chi connectivity index (χ2n) is 4.78. The molecule has 0 aliphatic carbocycles. The number of halogens is 3. The van der Waals surface area contributed by atoms with Crippen molar-refractivity contribution in [3.63, 3.8) is 0 Å². The summed E-state index contributed by atoms with van der Waals surface area (Å²) in [6.45, 7) is 4.14. The molecule has 0 spiro atoms. The van der Waals surface area contributed by atoms with Crippen molar-refractivity contribution in [1.29, 1.82) is 0 Å². The van der Waals surface area contributed by atoms with Crippen molar-refractivity contribution in [3.8, 4) is 0 Å². The molecule has 2 aromatic rings. The first-order valence-corrected chi connectivity index (χ1v) is 7.69. The average Bonchev–Trinajstić information content (AvgIpc) is 2.36. The number of aromatic amines is 1. The molecule has 2 rings (SSSR count). The third kappa shape index (κ3) is 3.45. The van der Waals surface area contributed by atoms with Gasteiger partial charge in [0.05, 0.1) is 4.47 Å². The van der Waals surface area contributed by atoms with Gasteiger partial charge in [-0.2, -0.15) is 0 Å². The van der Waals surface area contributed by atoms with E-state index in [1.165, 1.54) is 12.1 Å². The Morgan fingerprint density at radius 1 is 1.45 bits per heavy atom. The van der Waals surface area contributed by atoms with Gasteiger partial charge in [-0.25, -0.2) is 9.37 Å². The molecule has 1 N–H and O–H groups in total. The molecule has 0 radical (unpaired) electrons. The van der Waals surface area contributed by atoms with E-state index in [2.05, 4.69) is 39.7 Å². The van der Waals surface area contributed by atoms with Gasteiger partial charge >= 0.3 is 0 Å². The van der Waals surface area contributed by atoms with E-state index in [0.29, 0.717) is 16.1 Å². The van der Waals surface area contributed by atoms with Crippen LogP contribution in [-0.2, 0) is 6.42 Å². The molecule has 0 bridgehead atoms. The number of aromatic nitrogens is 2. The molecule has 0 saturated heterocycles. The van der Waals surface area contributed by atoms with Gasteiger partial charge in [-0.1, -0.05) is 43.7 Å². The van der Waals surface area contributed by atoms with Crippen molar-refractivity contribution in [2.45, 2.75) is 26.2 Å². The highest BCUT2D eigenvalue weighted by molar-refractivity contribution is 9.10. The van der Waals surface area contributed by atoms with Crippen LogP contribution in [0.3, 0.4) is 0 Å². The van der Waals surface area contributed by atoms with Gasteiger partial charge in [0, 0.05) is 17.1 Å². The minimum atomic E-state index is -0.349. The fraction of sp³-hybridized carbons (Fsp3) is 0.286. The zero-order chi connectivity index (χ0) is 14.9. The number of H-pyrrole nitrogens is 1. The van der Waals surface area contributed by atoms with Crippen LogP contribution in [0.15, 0.2) is 22.7 Å². The predicted octanol–water partition coefficient (Wildman–Crippen LogP) is 5.41. The molecule has 1 aromatic heterocycles. The Morgan fingerprint density at radius 2 is 2.15 bits per heavy atom. The minimum absolute atomic E-state index is 0.288. The molecule has 6 heteroatoms. The van der Waals surface area contributed by atoms with Crippen LogP contribution < -0.4 is 0 Å².